The molecule has 0 aliphatic carbocycles. The number of amides is 2. The highest BCUT2D eigenvalue weighted by Gasteiger charge is 2.33. The number of hydrogen-bond acceptors (Lipinski definition) is 4. The first-order chi connectivity index (χ1) is 8.47. The zero-order valence-corrected chi connectivity index (χ0v) is 13.6. The Balaban J connectivity index is 4.71. The number of rotatable bonds is 4. The molecule has 6 heteroatoms. The molecular formula is C13H26N2O3S. The van der Waals surface area contributed by atoms with Gasteiger partial charge in [-0.15, -0.1) is 0 Å². The van der Waals surface area contributed by atoms with Gasteiger partial charge in [0, 0.05) is 12.3 Å². The van der Waals surface area contributed by atoms with Crippen molar-refractivity contribution >= 4 is 24.6 Å². The fourth-order valence-electron chi connectivity index (χ4n) is 1.38. The summed E-state index contributed by atoms with van der Waals surface area (Å²) in [6.07, 6.45) is -0.589. The molecule has 2 N–H and O–H groups in total. The highest BCUT2D eigenvalue weighted by molar-refractivity contribution is 7.80. The molecule has 1 atom stereocenters. The van der Waals surface area contributed by atoms with E-state index in [0.29, 0.717) is 12.3 Å². The Morgan fingerprint density at radius 1 is 1.16 bits per heavy atom. The molecule has 0 spiro atoms. The first-order valence-corrected chi connectivity index (χ1v) is 6.98. The predicted molar refractivity (Wildman–Crippen MR) is 79.5 cm³/mol. The van der Waals surface area contributed by atoms with E-state index in [-0.39, 0.29) is 5.91 Å². The third-order valence-corrected chi connectivity index (χ3v) is 2.42. The minimum absolute atomic E-state index is 0.229. The van der Waals surface area contributed by atoms with Crippen LogP contribution in [0, 0.1) is 5.41 Å². The third kappa shape index (κ3) is 7.97. The van der Waals surface area contributed by atoms with Gasteiger partial charge in [0.05, 0.1) is 0 Å². The largest absolute Gasteiger partial charge is 0.444 e. The molecular weight excluding hydrogens is 264 g/mol. The summed E-state index contributed by atoms with van der Waals surface area (Å²) in [4.78, 5) is 23.8. The Kier molecular flexibility index (Phi) is 6.69. The Hall–Kier alpha value is -0.910. The third-order valence-electron chi connectivity index (χ3n) is 2.20. The van der Waals surface area contributed by atoms with Crippen LogP contribution in [-0.4, -0.2) is 35.9 Å². The van der Waals surface area contributed by atoms with Crippen molar-refractivity contribution in [1.29, 1.82) is 0 Å². The number of thiol groups is 1. The molecule has 0 rings (SSSR count). The second kappa shape index (κ2) is 7.03. The minimum atomic E-state index is -0.651. The van der Waals surface area contributed by atoms with Crippen LogP contribution in [0.2, 0.25) is 0 Å². The van der Waals surface area contributed by atoms with Crippen molar-refractivity contribution in [3.8, 4) is 0 Å². The zero-order valence-electron chi connectivity index (χ0n) is 12.7. The molecule has 0 radical (unpaired) electrons. The number of alkyl carbamates (subject to hydrolysis) is 1. The first-order valence-electron chi connectivity index (χ1n) is 6.35. The normalized spacial score (nSPS) is 13.6. The van der Waals surface area contributed by atoms with E-state index >= 15 is 0 Å². The van der Waals surface area contributed by atoms with Crippen molar-refractivity contribution in [3.05, 3.63) is 0 Å². The summed E-state index contributed by atoms with van der Waals surface area (Å²) < 4.78 is 5.17. The van der Waals surface area contributed by atoms with E-state index in [2.05, 4.69) is 23.3 Å². The second-order valence-electron chi connectivity index (χ2n) is 6.46. The van der Waals surface area contributed by atoms with E-state index in [4.69, 9.17) is 4.74 Å². The molecule has 0 aliphatic heterocycles. The average molecular weight is 290 g/mol. The van der Waals surface area contributed by atoms with Gasteiger partial charge in [-0.05, 0) is 26.2 Å². The predicted octanol–water partition coefficient (Wildman–Crippen LogP) is 1.97. The number of carbonyl (C=O) groups excluding carboxylic acids is 2. The van der Waals surface area contributed by atoms with E-state index in [1.807, 2.05) is 20.8 Å². The maximum absolute atomic E-state index is 12.0. The molecule has 19 heavy (non-hydrogen) atoms. The minimum Gasteiger partial charge on any atom is -0.444 e. The van der Waals surface area contributed by atoms with E-state index in [1.54, 1.807) is 20.8 Å². The maximum Gasteiger partial charge on any atom is 0.408 e. The summed E-state index contributed by atoms with van der Waals surface area (Å²) in [5.41, 5.74) is -0.994. The highest BCUT2D eigenvalue weighted by Crippen LogP contribution is 2.20. The molecule has 0 saturated carbocycles. The lowest BCUT2D eigenvalue weighted by atomic mass is 9.86. The molecule has 0 aliphatic rings. The van der Waals surface area contributed by atoms with Crippen molar-refractivity contribution in [1.82, 2.24) is 10.6 Å². The quantitative estimate of drug-likeness (QED) is 0.694. The highest BCUT2D eigenvalue weighted by atomic mass is 32.1. The molecule has 0 heterocycles. The number of nitrogens with one attached hydrogen (secondary N) is 2. The summed E-state index contributed by atoms with van der Waals surface area (Å²) in [5, 5.41) is 5.35. The van der Waals surface area contributed by atoms with Gasteiger partial charge in [0.1, 0.15) is 11.6 Å². The van der Waals surface area contributed by atoms with Gasteiger partial charge in [-0.1, -0.05) is 20.8 Å². The van der Waals surface area contributed by atoms with Crippen LogP contribution in [0.1, 0.15) is 41.5 Å². The molecule has 0 aromatic rings. The first kappa shape index (κ1) is 18.1. The summed E-state index contributed by atoms with van der Waals surface area (Å²) in [7, 11) is 0. The molecule has 112 valence electrons. The van der Waals surface area contributed by atoms with Crippen molar-refractivity contribution in [2.45, 2.75) is 53.2 Å². The van der Waals surface area contributed by atoms with Crippen LogP contribution < -0.4 is 10.6 Å². The van der Waals surface area contributed by atoms with Crippen LogP contribution in [0.5, 0.6) is 0 Å². The molecule has 0 aromatic heterocycles. The monoisotopic (exact) mass is 290 g/mol. The van der Waals surface area contributed by atoms with Gasteiger partial charge in [0.15, 0.2) is 0 Å². The Labute approximate surface area is 121 Å². The molecule has 0 fully saturated rings. The van der Waals surface area contributed by atoms with E-state index in [0.717, 1.165) is 0 Å². The lowest BCUT2D eigenvalue weighted by molar-refractivity contribution is -0.125. The fraction of sp³-hybridized carbons (Fsp3) is 0.846. The molecule has 0 saturated heterocycles. The molecule has 0 bridgehead atoms. The van der Waals surface area contributed by atoms with Gasteiger partial charge in [-0.2, -0.15) is 12.6 Å². The van der Waals surface area contributed by atoms with E-state index < -0.39 is 23.2 Å². The Morgan fingerprint density at radius 2 is 1.68 bits per heavy atom. The second-order valence-corrected chi connectivity index (χ2v) is 6.91. The maximum atomic E-state index is 12.0. The number of carbonyl (C=O) groups is 2. The Morgan fingerprint density at radius 3 is 2.05 bits per heavy atom. The van der Waals surface area contributed by atoms with E-state index in [1.165, 1.54) is 0 Å². The Bertz CT molecular complexity index is 319. The van der Waals surface area contributed by atoms with Crippen molar-refractivity contribution < 1.29 is 14.3 Å². The topological polar surface area (TPSA) is 67.4 Å². The average Bonchev–Trinajstić information content (AvgIpc) is 2.18. The van der Waals surface area contributed by atoms with Crippen LogP contribution in [0.25, 0.3) is 0 Å². The van der Waals surface area contributed by atoms with Gasteiger partial charge in [-0.25, -0.2) is 4.79 Å². The lowest BCUT2D eigenvalue weighted by Gasteiger charge is -2.31. The summed E-state index contributed by atoms with van der Waals surface area (Å²) in [6, 6.07) is -0.651. The van der Waals surface area contributed by atoms with Gasteiger partial charge in [-0.3, -0.25) is 4.79 Å². The van der Waals surface area contributed by atoms with Gasteiger partial charge in [0.25, 0.3) is 0 Å². The van der Waals surface area contributed by atoms with Gasteiger partial charge < -0.3 is 15.4 Å². The zero-order chi connectivity index (χ0) is 15.3. The molecule has 5 nitrogen and oxygen atoms in total. The van der Waals surface area contributed by atoms with Crippen LogP contribution in [0.3, 0.4) is 0 Å². The summed E-state index contributed by atoms with van der Waals surface area (Å²) >= 11 is 4.04. The molecule has 0 aromatic carbocycles. The fourth-order valence-corrected chi connectivity index (χ4v) is 1.49. The van der Waals surface area contributed by atoms with Crippen molar-refractivity contribution in [3.63, 3.8) is 0 Å². The van der Waals surface area contributed by atoms with Gasteiger partial charge in [0.2, 0.25) is 5.91 Å². The van der Waals surface area contributed by atoms with Crippen LogP contribution >= 0.6 is 12.6 Å². The van der Waals surface area contributed by atoms with E-state index in [9.17, 15) is 9.59 Å². The number of ether oxygens (including phenoxy) is 1. The van der Waals surface area contributed by atoms with Crippen LogP contribution in [0.4, 0.5) is 4.79 Å². The van der Waals surface area contributed by atoms with Gasteiger partial charge >= 0.3 is 6.09 Å². The molecule has 0 unspecified atom stereocenters. The lowest BCUT2D eigenvalue weighted by Crippen LogP contribution is -2.54. The smallest absolute Gasteiger partial charge is 0.408 e. The number of hydrogen-bond donors (Lipinski definition) is 3. The summed E-state index contributed by atoms with van der Waals surface area (Å²) in [6.45, 7) is 11.4. The van der Waals surface area contributed by atoms with Crippen LogP contribution in [0.15, 0.2) is 0 Å². The van der Waals surface area contributed by atoms with Crippen molar-refractivity contribution in [2.75, 3.05) is 12.3 Å². The summed E-state index contributed by atoms with van der Waals surface area (Å²) in [5.74, 6) is 0.321. The van der Waals surface area contributed by atoms with Crippen molar-refractivity contribution in [2.24, 2.45) is 5.41 Å². The SMILES string of the molecule is CC(C)(C)OC(=O)N[C@@H](C(=O)NCCS)C(C)(C)C. The standard InChI is InChI=1S/C13H26N2O3S/c1-12(2,3)9(10(16)14-7-8-19)15-11(17)18-13(4,5)6/h9,19H,7-8H2,1-6H3,(H,14,16)(H,15,17)/t9-/m0/s1. The van der Waals surface area contributed by atoms with Crippen LogP contribution in [-0.2, 0) is 9.53 Å². The molecule has 2 amide bonds.